The molecule has 2 heterocycles. The number of sulfonamides is 1. The molecule has 1 aliphatic heterocycles. The molecule has 0 bridgehead atoms. The van der Waals surface area contributed by atoms with Crippen LogP contribution in [0, 0.1) is 0 Å². The fourth-order valence-corrected chi connectivity index (χ4v) is 5.11. The van der Waals surface area contributed by atoms with Crippen molar-refractivity contribution in [1.82, 2.24) is 9.29 Å². The van der Waals surface area contributed by atoms with Crippen LogP contribution in [0.3, 0.4) is 0 Å². The fourth-order valence-electron chi connectivity index (χ4n) is 3.34. The Kier molecular flexibility index (Phi) is 6.34. The van der Waals surface area contributed by atoms with Gasteiger partial charge in [-0.2, -0.15) is 8.32 Å². The molecule has 1 aliphatic rings. The highest BCUT2D eigenvalue weighted by Crippen LogP contribution is 2.31. The van der Waals surface area contributed by atoms with Crippen LogP contribution in [0.4, 0.5) is 5.69 Å². The number of nitrogens with zero attached hydrogens (tertiary/aromatic N) is 3. The molecule has 0 saturated carbocycles. The van der Waals surface area contributed by atoms with Crippen LogP contribution >= 0.6 is 16.1 Å². The summed E-state index contributed by atoms with van der Waals surface area (Å²) < 4.78 is 36.9. The Bertz CT molecular complexity index is 1100. The van der Waals surface area contributed by atoms with Crippen molar-refractivity contribution in [2.24, 2.45) is 9.75 Å². The number of aromatic nitrogens is 1. The van der Waals surface area contributed by atoms with Gasteiger partial charge in [0.15, 0.2) is 0 Å². The standard InChI is InChI=1S/C19H24BrN5O4S/c1-19(2,3)29-17(26)16-5-4-8-25(16)30(27,28)13-6-7-14-12(9-13)10-22-11-15(14)23-18(21)24-20/h6-7,9-11,16H,4-5,8H2,1-3H3,(H3,21,23,24)/t16-/m1/s1. The number of pyridine rings is 1. The van der Waals surface area contributed by atoms with Gasteiger partial charge in [0, 0.05) is 23.5 Å². The minimum Gasteiger partial charge on any atom is -0.459 e. The lowest BCUT2D eigenvalue weighted by Crippen LogP contribution is -2.43. The van der Waals surface area contributed by atoms with Crippen LogP contribution in [-0.2, 0) is 19.6 Å². The third-order valence-electron chi connectivity index (χ3n) is 4.57. The first kappa shape index (κ1) is 22.4. The number of guanidine groups is 1. The summed E-state index contributed by atoms with van der Waals surface area (Å²) in [6, 6.07) is 3.89. The van der Waals surface area contributed by atoms with Gasteiger partial charge < -0.3 is 15.8 Å². The number of hydrogen-bond acceptors (Lipinski definition) is 6. The minimum absolute atomic E-state index is 0.0894. The zero-order chi connectivity index (χ0) is 22.1. The van der Waals surface area contributed by atoms with Crippen LogP contribution < -0.4 is 11.1 Å². The zero-order valence-corrected chi connectivity index (χ0v) is 19.3. The molecule has 1 aromatic carbocycles. The molecular weight excluding hydrogens is 474 g/mol. The predicted octanol–water partition coefficient (Wildman–Crippen LogP) is 2.77. The minimum atomic E-state index is -3.89. The van der Waals surface area contributed by atoms with E-state index in [1.165, 1.54) is 16.4 Å². The summed E-state index contributed by atoms with van der Waals surface area (Å²) in [7, 11) is -3.89. The van der Waals surface area contributed by atoms with Crippen molar-refractivity contribution in [2.45, 2.75) is 50.2 Å². The lowest BCUT2D eigenvalue weighted by molar-refractivity contribution is -0.158. The quantitative estimate of drug-likeness (QED) is 0.377. The van der Waals surface area contributed by atoms with Crippen molar-refractivity contribution >= 4 is 54.6 Å². The lowest BCUT2D eigenvalue weighted by Gasteiger charge is -2.27. The van der Waals surface area contributed by atoms with E-state index in [0.717, 1.165) is 5.39 Å². The number of benzene rings is 1. The molecule has 11 heteroatoms. The Morgan fingerprint density at radius 1 is 1.37 bits per heavy atom. The van der Waals surface area contributed by atoms with Crippen LogP contribution in [0.1, 0.15) is 33.6 Å². The largest absolute Gasteiger partial charge is 0.459 e. The molecule has 0 amide bonds. The van der Waals surface area contributed by atoms with Gasteiger partial charge in [0.25, 0.3) is 0 Å². The SMILES string of the molecule is CC(C)(C)OC(=O)[C@H]1CCCN1S(=O)(=O)c1ccc2c(NC(N)=NBr)cncc2c1. The molecule has 162 valence electrons. The van der Waals surface area contributed by atoms with Gasteiger partial charge in [0.1, 0.15) is 11.6 Å². The van der Waals surface area contributed by atoms with Crippen molar-refractivity contribution in [3.8, 4) is 0 Å². The number of rotatable bonds is 4. The molecule has 1 saturated heterocycles. The second-order valence-electron chi connectivity index (χ2n) is 7.97. The Morgan fingerprint density at radius 2 is 2.10 bits per heavy atom. The number of hydrogen-bond donors (Lipinski definition) is 2. The summed E-state index contributed by atoms with van der Waals surface area (Å²) in [6.45, 7) is 5.54. The molecule has 1 atom stereocenters. The van der Waals surface area contributed by atoms with Gasteiger partial charge in [-0.15, -0.1) is 0 Å². The second-order valence-corrected chi connectivity index (χ2v) is 10.2. The average Bonchev–Trinajstić information content (AvgIpc) is 3.17. The molecule has 30 heavy (non-hydrogen) atoms. The first-order valence-electron chi connectivity index (χ1n) is 9.37. The van der Waals surface area contributed by atoms with Crippen LogP contribution in [0.2, 0.25) is 0 Å². The molecule has 0 unspecified atom stereocenters. The number of carbonyl (C=O) groups excluding carboxylic acids is 1. The summed E-state index contributed by atoms with van der Waals surface area (Å²) >= 11 is 2.90. The maximum Gasteiger partial charge on any atom is 0.324 e. The average molecular weight is 498 g/mol. The van der Waals surface area contributed by atoms with Gasteiger partial charge in [-0.3, -0.25) is 9.78 Å². The monoisotopic (exact) mass is 497 g/mol. The van der Waals surface area contributed by atoms with Crippen molar-refractivity contribution in [1.29, 1.82) is 0 Å². The van der Waals surface area contributed by atoms with Gasteiger partial charge in [0.05, 0.1) is 32.9 Å². The predicted molar refractivity (Wildman–Crippen MR) is 119 cm³/mol. The number of carbonyl (C=O) groups is 1. The van der Waals surface area contributed by atoms with Gasteiger partial charge in [0.2, 0.25) is 16.0 Å². The van der Waals surface area contributed by atoms with Crippen LogP contribution in [0.15, 0.2) is 39.5 Å². The maximum atomic E-state index is 13.3. The molecule has 9 nitrogen and oxygen atoms in total. The third-order valence-corrected chi connectivity index (χ3v) is 6.86. The first-order valence-corrected chi connectivity index (χ1v) is 11.5. The summed E-state index contributed by atoms with van der Waals surface area (Å²) in [5.41, 5.74) is 5.58. The van der Waals surface area contributed by atoms with E-state index in [1.807, 2.05) is 0 Å². The van der Waals surface area contributed by atoms with Gasteiger partial charge in [-0.05, 0) is 45.7 Å². The van der Waals surface area contributed by atoms with E-state index in [2.05, 4.69) is 30.5 Å². The number of nitrogens with one attached hydrogen (secondary N) is 1. The van der Waals surface area contributed by atoms with Crippen LogP contribution in [0.25, 0.3) is 10.8 Å². The van der Waals surface area contributed by atoms with Crippen molar-refractivity contribution in [3.63, 3.8) is 0 Å². The number of ether oxygens (including phenoxy) is 1. The lowest BCUT2D eigenvalue weighted by atomic mass is 10.1. The number of halogens is 1. The van der Waals surface area contributed by atoms with Gasteiger partial charge >= 0.3 is 5.97 Å². The van der Waals surface area contributed by atoms with Crippen molar-refractivity contribution in [3.05, 3.63) is 30.6 Å². The molecular formula is C19H24BrN5O4S. The summed E-state index contributed by atoms with van der Waals surface area (Å²) in [4.78, 5) is 16.8. The Labute approximate surface area is 184 Å². The molecule has 0 radical (unpaired) electrons. The van der Waals surface area contributed by atoms with E-state index in [0.29, 0.717) is 23.9 Å². The number of nitrogens with two attached hydrogens (primary N) is 1. The van der Waals surface area contributed by atoms with E-state index in [4.69, 9.17) is 10.5 Å². The molecule has 0 aliphatic carbocycles. The van der Waals surface area contributed by atoms with Crippen molar-refractivity contribution < 1.29 is 17.9 Å². The van der Waals surface area contributed by atoms with E-state index in [9.17, 15) is 13.2 Å². The molecule has 2 aromatic rings. The number of fused-ring (bicyclic) bond motifs is 1. The summed E-state index contributed by atoms with van der Waals surface area (Å²) in [6.07, 6.45) is 4.16. The van der Waals surface area contributed by atoms with Crippen molar-refractivity contribution in [2.75, 3.05) is 11.9 Å². The zero-order valence-electron chi connectivity index (χ0n) is 16.9. The van der Waals surface area contributed by atoms with E-state index < -0.39 is 27.6 Å². The topological polar surface area (TPSA) is 127 Å². The van der Waals surface area contributed by atoms with Crippen LogP contribution in [0.5, 0.6) is 0 Å². The van der Waals surface area contributed by atoms with E-state index in [-0.39, 0.29) is 17.4 Å². The molecule has 1 fully saturated rings. The Hall–Kier alpha value is -2.24. The fraction of sp³-hybridized carbons (Fsp3) is 0.421. The smallest absolute Gasteiger partial charge is 0.324 e. The normalized spacial score (nSPS) is 18.5. The summed E-state index contributed by atoms with van der Waals surface area (Å²) in [5.74, 6) is -0.389. The Morgan fingerprint density at radius 3 is 2.77 bits per heavy atom. The van der Waals surface area contributed by atoms with Crippen LogP contribution in [-0.4, -0.2) is 47.8 Å². The first-order chi connectivity index (χ1) is 14.0. The third kappa shape index (κ3) is 4.73. The number of anilines is 1. The molecule has 3 rings (SSSR count). The van der Waals surface area contributed by atoms with E-state index in [1.54, 1.807) is 39.2 Å². The molecule has 1 aromatic heterocycles. The highest BCUT2D eigenvalue weighted by molar-refractivity contribution is 9.08. The highest BCUT2D eigenvalue weighted by atomic mass is 79.9. The Balaban J connectivity index is 1.95. The van der Waals surface area contributed by atoms with E-state index >= 15 is 0 Å². The van der Waals surface area contributed by atoms with Gasteiger partial charge in [-0.25, -0.2) is 8.42 Å². The second kappa shape index (κ2) is 8.48. The highest BCUT2D eigenvalue weighted by Gasteiger charge is 2.41. The maximum absolute atomic E-state index is 13.3. The van der Waals surface area contributed by atoms with Gasteiger partial charge in [-0.1, -0.05) is 6.07 Å². The number of esters is 1. The molecule has 0 spiro atoms. The summed E-state index contributed by atoms with van der Waals surface area (Å²) in [5, 5.41) is 4.23. The molecule has 3 N–H and O–H groups in total.